The Morgan fingerprint density at radius 2 is 1.69 bits per heavy atom. The van der Waals surface area contributed by atoms with Gasteiger partial charge in [-0.1, -0.05) is 41.4 Å². The summed E-state index contributed by atoms with van der Waals surface area (Å²) >= 11 is 11.8. The SMILES string of the molecule is Oc1cccc(F)c1-c1cccc(Cl)c1Cl. The lowest BCUT2D eigenvalue weighted by atomic mass is 10.0. The van der Waals surface area contributed by atoms with Gasteiger partial charge >= 0.3 is 0 Å². The highest BCUT2D eigenvalue weighted by Gasteiger charge is 2.14. The molecule has 0 aliphatic carbocycles. The van der Waals surface area contributed by atoms with Crippen molar-refractivity contribution in [3.63, 3.8) is 0 Å². The fourth-order valence-corrected chi connectivity index (χ4v) is 1.87. The molecule has 82 valence electrons. The molecule has 1 N–H and O–H groups in total. The first-order chi connectivity index (χ1) is 7.61. The zero-order chi connectivity index (χ0) is 11.7. The molecule has 2 aromatic rings. The number of halogens is 3. The van der Waals surface area contributed by atoms with E-state index < -0.39 is 5.82 Å². The summed E-state index contributed by atoms with van der Waals surface area (Å²) in [6, 6.07) is 8.93. The molecule has 0 bridgehead atoms. The van der Waals surface area contributed by atoms with E-state index in [1.807, 2.05) is 0 Å². The van der Waals surface area contributed by atoms with Gasteiger partial charge in [-0.05, 0) is 18.2 Å². The quantitative estimate of drug-likeness (QED) is 0.797. The van der Waals surface area contributed by atoms with E-state index in [0.717, 1.165) is 0 Å². The highest BCUT2D eigenvalue weighted by molar-refractivity contribution is 6.43. The highest BCUT2D eigenvalue weighted by atomic mass is 35.5. The Balaban J connectivity index is 2.73. The number of hydrogen-bond donors (Lipinski definition) is 1. The Morgan fingerprint density at radius 1 is 1.00 bits per heavy atom. The van der Waals surface area contributed by atoms with Gasteiger partial charge in [-0.15, -0.1) is 0 Å². The molecule has 1 nitrogen and oxygen atoms in total. The van der Waals surface area contributed by atoms with Crippen molar-refractivity contribution in [2.75, 3.05) is 0 Å². The van der Waals surface area contributed by atoms with Crippen LogP contribution in [0.4, 0.5) is 4.39 Å². The summed E-state index contributed by atoms with van der Waals surface area (Å²) in [5.74, 6) is -0.701. The number of rotatable bonds is 1. The van der Waals surface area contributed by atoms with Gasteiger partial charge in [0.2, 0.25) is 0 Å². The van der Waals surface area contributed by atoms with Gasteiger partial charge in [0.05, 0.1) is 15.6 Å². The van der Waals surface area contributed by atoms with Crippen LogP contribution < -0.4 is 0 Å². The first-order valence-corrected chi connectivity index (χ1v) is 5.28. The van der Waals surface area contributed by atoms with Gasteiger partial charge in [-0.25, -0.2) is 4.39 Å². The van der Waals surface area contributed by atoms with Gasteiger partial charge in [-0.3, -0.25) is 0 Å². The number of hydrogen-bond acceptors (Lipinski definition) is 1. The summed E-state index contributed by atoms with van der Waals surface area (Å²) in [5, 5.41) is 10.2. The van der Waals surface area contributed by atoms with Crippen LogP contribution >= 0.6 is 23.2 Å². The lowest BCUT2D eigenvalue weighted by Crippen LogP contribution is -1.86. The van der Waals surface area contributed by atoms with Crippen LogP contribution in [0.15, 0.2) is 36.4 Å². The summed E-state index contributed by atoms with van der Waals surface area (Å²) in [4.78, 5) is 0. The van der Waals surface area contributed by atoms with Crippen LogP contribution in [0, 0.1) is 5.82 Å². The second kappa shape index (κ2) is 4.32. The van der Waals surface area contributed by atoms with Crippen LogP contribution in [0.1, 0.15) is 0 Å². The van der Waals surface area contributed by atoms with E-state index in [-0.39, 0.29) is 16.3 Å². The molecule has 0 aliphatic heterocycles. The van der Waals surface area contributed by atoms with Gasteiger partial charge in [0.15, 0.2) is 0 Å². The molecule has 0 atom stereocenters. The average molecular weight is 257 g/mol. The lowest BCUT2D eigenvalue weighted by molar-refractivity contribution is 0.472. The first kappa shape index (κ1) is 11.2. The monoisotopic (exact) mass is 256 g/mol. The van der Waals surface area contributed by atoms with Crippen molar-refractivity contribution in [2.24, 2.45) is 0 Å². The maximum atomic E-state index is 13.6. The maximum absolute atomic E-state index is 13.6. The van der Waals surface area contributed by atoms with Crippen LogP contribution in [0.25, 0.3) is 11.1 Å². The van der Waals surface area contributed by atoms with Crippen LogP contribution in [0.3, 0.4) is 0 Å². The Kier molecular flexibility index (Phi) is 3.03. The van der Waals surface area contributed by atoms with Crippen LogP contribution in [0.2, 0.25) is 10.0 Å². The second-order valence-electron chi connectivity index (χ2n) is 3.24. The largest absolute Gasteiger partial charge is 0.507 e. The first-order valence-electron chi connectivity index (χ1n) is 4.53. The number of phenolic OH excluding ortho intramolecular Hbond substituents is 1. The third-order valence-corrected chi connectivity index (χ3v) is 3.03. The predicted octanol–water partition coefficient (Wildman–Crippen LogP) is 4.51. The molecular formula is C12H7Cl2FO. The molecule has 0 heterocycles. The van der Waals surface area contributed by atoms with Crippen molar-refractivity contribution in [3.05, 3.63) is 52.3 Å². The third-order valence-electron chi connectivity index (χ3n) is 2.21. The van der Waals surface area contributed by atoms with Gasteiger partial charge in [-0.2, -0.15) is 0 Å². The molecule has 0 radical (unpaired) electrons. The van der Waals surface area contributed by atoms with E-state index >= 15 is 0 Å². The topological polar surface area (TPSA) is 20.2 Å². The Labute approximate surface area is 102 Å². The molecule has 0 amide bonds. The van der Waals surface area contributed by atoms with Gasteiger partial charge in [0.25, 0.3) is 0 Å². The standard InChI is InChI=1S/C12H7Cl2FO/c13-8-4-1-3-7(12(8)14)11-9(15)5-2-6-10(11)16/h1-6,16H. The van der Waals surface area contributed by atoms with Crippen LogP contribution in [-0.4, -0.2) is 5.11 Å². The summed E-state index contributed by atoms with van der Waals surface area (Å²) in [6.45, 7) is 0. The molecule has 0 aromatic heterocycles. The van der Waals surface area contributed by atoms with E-state index in [9.17, 15) is 9.50 Å². The maximum Gasteiger partial charge on any atom is 0.134 e. The van der Waals surface area contributed by atoms with Crippen LogP contribution in [-0.2, 0) is 0 Å². The fraction of sp³-hybridized carbons (Fsp3) is 0. The number of benzene rings is 2. The zero-order valence-electron chi connectivity index (χ0n) is 8.05. The normalized spacial score (nSPS) is 10.4. The lowest BCUT2D eigenvalue weighted by Gasteiger charge is -2.08. The molecule has 16 heavy (non-hydrogen) atoms. The van der Waals surface area contributed by atoms with Crippen molar-refractivity contribution in [1.82, 2.24) is 0 Å². The molecule has 0 saturated carbocycles. The van der Waals surface area contributed by atoms with Gasteiger partial charge < -0.3 is 5.11 Å². The molecule has 0 saturated heterocycles. The molecule has 2 aromatic carbocycles. The minimum absolute atomic E-state index is 0.0648. The average Bonchev–Trinajstić information content (AvgIpc) is 2.24. The molecule has 4 heteroatoms. The molecule has 0 unspecified atom stereocenters. The third kappa shape index (κ3) is 1.86. The second-order valence-corrected chi connectivity index (χ2v) is 4.02. The summed E-state index contributed by atoms with van der Waals surface area (Å²) in [6.07, 6.45) is 0. The van der Waals surface area contributed by atoms with Crippen molar-refractivity contribution >= 4 is 23.2 Å². The molecular weight excluding hydrogens is 250 g/mol. The Morgan fingerprint density at radius 3 is 2.38 bits per heavy atom. The smallest absolute Gasteiger partial charge is 0.134 e. The van der Waals surface area contributed by atoms with Crippen molar-refractivity contribution in [3.8, 4) is 16.9 Å². The molecule has 0 spiro atoms. The van der Waals surface area contributed by atoms with Gasteiger partial charge in [0.1, 0.15) is 11.6 Å². The van der Waals surface area contributed by atoms with E-state index in [2.05, 4.69) is 0 Å². The zero-order valence-corrected chi connectivity index (χ0v) is 9.56. The minimum Gasteiger partial charge on any atom is -0.507 e. The number of aromatic hydroxyl groups is 1. The van der Waals surface area contributed by atoms with Crippen LogP contribution in [0.5, 0.6) is 5.75 Å². The van der Waals surface area contributed by atoms with Gasteiger partial charge in [0, 0.05) is 5.56 Å². The van der Waals surface area contributed by atoms with Crippen molar-refractivity contribution in [1.29, 1.82) is 0 Å². The van der Waals surface area contributed by atoms with Crippen molar-refractivity contribution < 1.29 is 9.50 Å². The summed E-state index contributed by atoms with van der Waals surface area (Å²) < 4.78 is 13.6. The molecule has 0 aliphatic rings. The predicted molar refractivity (Wildman–Crippen MR) is 63.5 cm³/mol. The summed E-state index contributed by atoms with van der Waals surface area (Å²) in [5.41, 5.74) is 0.444. The van der Waals surface area contributed by atoms with E-state index in [0.29, 0.717) is 10.6 Å². The highest BCUT2D eigenvalue weighted by Crippen LogP contribution is 2.38. The Hall–Kier alpha value is -1.25. The van der Waals surface area contributed by atoms with E-state index in [1.54, 1.807) is 18.2 Å². The minimum atomic E-state index is -0.538. The molecule has 2 rings (SSSR count). The van der Waals surface area contributed by atoms with Crippen molar-refractivity contribution in [2.45, 2.75) is 0 Å². The Bertz CT molecular complexity index is 520. The number of phenols is 1. The van der Waals surface area contributed by atoms with E-state index in [1.165, 1.54) is 18.2 Å². The summed E-state index contributed by atoms with van der Waals surface area (Å²) in [7, 11) is 0. The van der Waals surface area contributed by atoms with E-state index in [4.69, 9.17) is 23.2 Å². The molecule has 0 fully saturated rings. The fourth-order valence-electron chi connectivity index (χ4n) is 1.48.